The maximum atomic E-state index is 9.52. The van der Waals surface area contributed by atoms with Crippen molar-refractivity contribution < 1.29 is 9.84 Å². The van der Waals surface area contributed by atoms with Crippen molar-refractivity contribution in [1.29, 1.82) is 0 Å². The van der Waals surface area contributed by atoms with E-state index in [4.69, 9.17) is 4.74 Å². The molecule has 1 N–H and O–H groups in total. The molecule has 0 aromatic heterocycles. The van der Waals surface area contributed by atoms with Crippen LogP contribution in [0.3, 0.4) is 0 Å². The van der Waals surface area contributed by atoms with E-state index < -0.39 is 0 Å². The molecule has 1 saturated carbocycles. The molecule has 24 heavy (non-hydrogen) atoms. The molecule has 1 aromatic carbocycles. The summed E-state index contributed by atoms with van der Waals surface area (Å²) in [6.07, 6.45) is 7.73. The van der Waals surface area contributed by atoms with Gasteiger partial charge in [0.05, 0.1) is 7.11 Å². The first-order chi connectivity index (χ1) is 11.8. The van der Waals surface area contributed by atoms with Crippen LogP contribution in [0, 0.1) is 0 Å². The van der Waals surface area contributed by atoms with Gasteiger partial charge in [0.25, 0.3) is 0 Å². The van der Waals surface area contributed by atoms with Gasteiger partial charge in [-0.05, 0) is 37.0 Å². The molecule has 3 rings (SSSR count). The molecular formula is C20H32N2O2. The number of aliphatic hydroxyl groups excluding tert-OH is 1. The number of nitrogens with zero attached hydrogens (tertiary/aromatic N) is 2. The molecule has 2 aliphatic rings. The van der Waals surface area contributed by atoms with Gasteiger partial charge in [-0.2, -0.15) is 0 Å². The average Bonchev–Trinajstić information content (AvgIpc) is 2.63. The van der Waals surface area contributed by atoms with E-state index in [1.165, 1.54) is 37.7 Å². The summed E-state index contributed by atoms with van der Waals surface area (Å²) in [5.74, 6) is 0.931. The highest BCUT2D eigenvalue weighted by molar-refractivity contribution is 5.28. The van der Waals surface area contributed by atoms with Crippen molar-refractivity contribution in [2.45, 2.75) is 57.2 Å². The number of ether oxygens (including phenoxy) is 1. The summed E-state index contributed by atoms with van der Waals surface area (Å²) in [6, 6.07) is 9.62. The summed E-state index contributed by atoms with van der Waals surface area (Å²) in [7, 11) is 1.72. The summed E-state index contributed by atoms with van der Waals surface area (Å²) in [4.78, 5) is 5.24. The van der Waals surface area contributed by atoms with Gasteiger partial charge in [-0.1, -0.05) is 31.4 Å². The van der Waals surface area contributed by atoms with Gasteiger partial charge in [-0.3, -0.25) is 9.80 Å². The normalized spacial score (nSPS) is 24.2. The monoisotopic (exact) mass is 332 g/mol. The Morgan fingerprint density at radius 3 is 2.75 bits per heavy atom. The molecule has 4 heteroatoms. The second kappa shape index (κ2) is 8.84. The Hall–Kier alpha value is -1.10. The zero-order valence-electron chi connectivity index (χ0n) is 15.0. The molecule has 0 bridgehead atoms. The largest absolute Gasteiger partial charge is 0.497 e. The van der Waals surface area contributed by atoms with Crippen LogP contribution in [0.25, 0.3) is 0 Å². The highest BCUT2D eigenvalue weighted by atomic mass is 16.5. The van der Waals surface area contributed by atoms with Crippen LogP contribution in [0.2, 0.25) is 0 Å². The van der Waals surface area contributed by atoms with Crippen molar-refractivity contribution >= 4 is 0 Å². The van der Waals surface area contributed by atoms with Crippen molar-refractivity contribution in [2.75, 3.05) is 33.4 Å². The van der Waals surface area contributed by atoms with E-state index in [2.05, 4.69) is 28.0 Å². The van der Waals surface area contributed by atoms with E-state index >= 15 is 0 Å². The van der Waals surface area contributed by atoms with Crippen molar-refractivity contribution in [3.63, 3.8) is 0 Å². The zero-order valence-corrected chi connectivity index (χ0v) is 15.0. The number of benzene rings is 1. The fourth-order valence-electron chi connectivity index (χ4n) is 4.41. The lowest BCUT2D eigenvalue weighted by molar-refractivity contribution is 0.0136. The van der Waals surface area contributed by atoms with Crippen LogP contribution in [-0.4, -0.2) is 60.3 Å². The molecule has 2 fully saturated rings. The van der Waals surface area contributed by atoms with Crippen LogP contribution in [0.1, 0.15) is 44.1 Å². The third kappa shape index (κ3) is 4.50. The van der Waals surface area contributed by atoms with Gasteiger partial charge in [0, 0.05) is 44.9 Å². The smallest absolute Gasteiger partial charge is 0.119 e. The van der Waals surface area contributed by atoms with Crippen molar-refractivity contribution in [1.82, 2.24) is 9.80 Å². The number of piperazine rings is 1. The quantitative estimate of drug-likeness (QED) is 0.869. The highest BCUT2D eigenvalue weighted by Crippen LogP contribution is 2.27. The molecule has 1 saturated heterocycles. The molecule has 1 atom stereocenters. The van der Waals surface area contributed by atoms with Gasteiger partial charge in [-0.15, -0.1) is 0 Å². The number of methoxy groups -OCH3 is 1. The van der Waals surface area contributed by atoms with Crippen LogP contribution in [0.15, 0.2) is 24.3 Å². The summed E-state index contributed by atoms with van der Waals surface area (Å²) in [5, 5.41) is 9.52. The first kappa shape index (κ1) is 17.7. The first-order valence-electron chi connectivity index (χ1n) is 9.52. The second-order valence-electron chi connectivity index (χ2n) is 7.28. The topological polar surface area (TPSA) is 35.9 Å². The average molecular weight is 332 g/mol. The summed E-state index contributed by atoms with van der Waals surface area (Å²) in [5.41, 5.74) is 1.31. The Kier molecular flexibility index (Phi) is 6.52. The van der Waals surface area contributed by atoms with E-state index in [-0.39, 0.29) is 0 Å². The van der Waals surface area contributed by atoms with Crippen molar-refractivity contribution in [2.24, 2.45) is 0 Å². The van der Waals surface area contributed by atoms with E-state index in [1.807, 2.05) is 6.07 Å². The van der Waals surface area contributed by atoms with Gasteiger partial charge in [0.15, 0.2) is 0 Å². The highest BCUT2D eigenvalue weighted by Gasteiger charge is 2.32. The Morgan fingerprint density at radius 1 is 1.17 bits per heavy atom. The first-order valence-corrected chi connectivity index (χ1v) is 9.52. The minimum Gasteiger partial charge on any atom is -0.497 e. The molecule has 1 heterocycles. The zero-order chi connectivity index (χ0) is 16.8. The summed E-state index contributed by atoms with van der Waals surface area (Å²) < 4.78 is 5.34. The summed E-state index contributed by atoms with van der Waals surface area (Å²) in [6.45, 7) is 4.59. The molecule has 4 nitrogen and oxygen atoms in total. The standard InChI is InChI=1S/C20H32N2O2/c1-24-20-9-5-6-17(14-20)15-21-11-12-22(19(16-21)10-13-23)18-7-3-2-4-8-18/h5-6,9,14,18-19,23H,2-4,7-8,10-13,15-16H2,1H3. The number of rotatable bonds is 6. The molecule has 0 radical (unpaired) electrons. The van der Waals surface area contributed by atoms with Crippen LogP contribution < -0.4 is 4.74 Å². The van der Waals surface area contributed by atoms with E-state index in [0.717, 1.165) is 44.4 Å². The van der Waals surface area contributed by atoms with Crippen LogP contribution in [0.4, 0.5) is 0 Å². The van der Waals surface area contributed by atoms with E-state index in [1.54, 1.807) is 7.11 Å². The second-order valence-corrected chi connectivity index (χ2v) is 7.28. The molecule has 0 spiro atoms. The fraction of sp³-hybridized carbons (Fsp3) is 0.700. The molecule has 0 amide bonds. The predicted octanol–water partition coefficient (Wildman–Crippen LogP) is 2.90. The molecule has 1 aliphatic carbocycles. The van der Waals surface area contributed by atoms with Crippen LogP contribution >= 0.6 is 0 Å². The van der Waals surface area contributed by atoms with Gasteiger partial charge in [0.1, 0.15) is 5.75 Å². The summed E-state index contributed by atoms with van der Waals surface area (Å²) >= 11 is 0. The lowest BCUT2D eigenvalue weighted by Crippen LogP contribution is -2.56. The maximum absolute atomic E-state index is 9.52. The van der Waals surface area contributed by atoms with E-state index in [0.29, 0.717) is 12.6 Å². The third-order valence-electron chi connectivity index (χ3n) is 5.66. The molecular weight excluding hydrogens is 300 g/mol. The third-order valence-corrected chi connectivity index (χ3v) is 5.66. The SMILES string of the molecule is COc1cccc(CN2CCN(C3CCCCC3)C(CCO)C2)c1. The Labute approximate surface area is 146 Å². The molecule has 1 aliphatic heterocycles. The van der Waals surface area contributed by atoms with Gasteiger partial charge in [-0.25, -0.2) is 0 Å². The predicted molar refractivity (Wildman–Crippen MR) is 97.3 cm³/mol. The Morgan fingerprint density at radius 2 is 2.00 bits per heavy atom. The van der Waals surface area contributed by atoms with Crippen molar-refractivity contribution in [3.05, 3.63) is 29.8 Å². The van der Waals surface area contributed by atoms with Gasteiger partial charge < -0.3 is 9.84 Å². The van der Waals surface area contributed by atoms with Gasteiger partial charge in [0.2, 0.25) is 0 Å². The number of hydrogen-bond acceptors (Lipinski definition) is 4. The minimum atomic E-state index is 0.293. The molecule has 134 valence electrons. The fourth-order valence-corrected chi connectivity index (χ4v) is 4.41. The van der Waals surface area contributed by atoms with Gasteiger partial charge >= 0.3 is 0 Å². The molecule has 1 aromatic rings. The van der Waals surface area contributed by atoms with Crippen LogP contribution in [0.5, 0.6) is 5.75 Å². The Balaban J connectivity index is 1.61. The van der Waals surface area contributed by atoms with Crippen LogP contribution in [-0.2, 0) is 6.54 Å². The lowest BCUT2D eigenvalue weighted by Gasteiger charge is -2.46. The Bertz CT molecular complexity index is 502. The lowest BCUT2D eigenvalue weighted by atomic mass is 9.91. The molecule has 1 unspecified atom stereocenters. The maximum Gasteiger partial charge on any atom is 0.119 e. The van der Waals surface area contributed by atoms with Crippen molar-refractivity contribution in [3.8, 4) is 5.75 Å². The minimum absolute atomic E-state index is 0.293. The van der Waals surface area contributed by atoms with E-state index in [9.17, 15) is 5.11 Å². The number of hydrogen-bond donors (Lipinski definition) is 1. The number of aliphatic hydroxyl groups is 1.